The van der Waals surface area contributed by atoms with Gasteiger partial charge in [0.25, 0.3) is 11.8 Å². The van der Waals surface area contributed by atoms with Crippen molar-refractivity contribution >= 4 is 33.6 Å². The molecule has 2 aliphatic rings. The molecule has 0 spiro atoms. The van der Waals surface area contributed by atoms with Crippen LogP contribution in [0.3, 0.4) is 0 Å². The molecule has 0 aliphatic carbocycles. The van der Waals surface area contributed by atoms with Crippen molar-refractivity contribution in [2.45, 2.75) is 44.2 Å². The van der Waals surface area contributed by atoms with Crippen LogP contribution >= 0.6 is 0 Å². The van der Waals surface area contributed by atoms with Crippen LogP contribution in [-0.4, -0.2) is 88.2 Å². The van der Waals surface area contributed by atoms with Crippen molar-refractivity contribution in [2.75, 3.05) is 45.4 Å². The monoisotopic (exact) mass is 678 g/mol. The minimum atomic E-state index is -3.94. The van der Waals surface area contributed by atoms with E-state index in [1.807, 2.05) is 51.1 Å². The lowest BCUT2D eigenvalue weighted by molar-refractivity contribution is -0.128. The van der Waals surface area contributed by atoms with E-state index in [0.29, 0.717) is 29.2 Å². The zero-order chi connectivity index (χ0) is 34.6. The summed E-state index contributed by atoms with van der Waals surface area (Å²) in [7, 11) is -0.661. The highest BCUT2D eigenvalue weighted by Crippen LogP contribution is 2.35. The third kappa shape index (κ3) is 7.91. The lowest BCUT2D eigenvalue weighted by Gasteiger charge is -2.32. The quantitative estimate of drug-likeness (QED) is 0.285. The minimum Gasteiger partial charge on any atom is -0.454 e. The number of fused-ring (bicyclic) bond motifs is 1. The first-order chi connectivity index (χ1) is 22.8. The van der Waals surface area contributed by atoms with Gasteiger partial charge >= 0.3 is 6.09 Å². The zero-order valence-corrected chi connectivity index (χ0v) is 28.6. The number of carbonyl (C=O) groups is 3. The Morgan fingerprint density at radius 1 is 0.938 bits per heavy atom. The molecule has 2 aliphatic heterocycles. The topological polar surface area (TPSA) is 135 Å². The maximum Gasteiger partial charge on any atom is 0.415 e. The van der Waals surface area contributed by atoms with Gasteiger partial charge in [0.05, 0.1) is 11.4 Å². The van der Waals surface area contributed by atoms with E-state index in [2.05, 4.69) is 5.32 Å². The number of rotatable bonds is 13. The molecule has 0 radical (unpaired) electrons. The fourth-order valence-electron chi connectivity index (χ4n) is 5.73. The van der Waals surface area contributed by atoms with Gasteiger partial charge in [0.2, 0.25) is 16.8 Å². The Bertz CT molecular complexity index is 1750. The van der Waals surface area contributed by atoms with E-state index in [4.69, 9.17) is 14.2 Å². The van der Waals surface area contributed by atoms with Gasteiger partial charge in [-0.05, 0) is 54.2 Å². The predicted molar refractivity (Wildman–Crippen MR) is 179 cm³/mol. The summed E-state index contributed by atoms with van der Waals surface area (Å²) < 4.78 is 45.7. The van der Waals surface area contributed by atoms with Crippen molar-refractivity contribution in [3.63, 3.8) is 0 Å². The third-order valence-electron chi connectivity index (χ3n) is 8.27. The zero-order valence-electron chi connectivity index (χ0n) is 27.8. The smallest absolute Gasteiger partial charge is 0.415 e. The van der Waals surface area contributed by atoms with Gasteiger partial charge < -0.3 is 24.4 Å². The van der Waals surface area contributed by atoms with E-state index < -0.39 is 34.2 Å². The fourth-order valence-corrected chi connectivity index (χ4v) is 7.45. The standard InChI is InChI=1S/C35H42N4O8S/c1-23(2)19-38(48(43,44)28-14-15-30-31(18-28)46-22-45-30)20-24(3)29(16-25-10-7-6-8-11-25)36-33(40)32-21-39(35(42)47-32)27-13-9-12-26(17-27)34(41)37(4)5/h6-15,17-18,23-24,29,32H,16,19-22H2,1-5H3,(H,36,40)/t24-,29?,32?/m1/s1. The van der Waals surface area contributed by atoms with Gasteiger partial charge in [-0.2, -0.15) is 4.31 Å². The Hall–Kier alpha value is -4.62. The van der Waals surface area contributed by atoms with Gasteiger partial charge in [-0.3, -0.25) is 14.5 Å². The van der Waals surface area contributed by atoms with E-state index >= 15 is 0 Å². The van der Waals surface area contributed by atoms with Crippen LogP contribution in [0.15, 0.2) is 77.7 Å². The molecule has 3 amide bonds. The number of carbonyl (C=O) groups excluding carboxylic acids is 3. The molecule has 3 aromatic rings. The van der Waals surface area contributed by atoms with Crippen LogP contribution in [0.5, 0.6) is 11.5 Å². The second kappa shape index (κ2) is 14.7. The molecule has 2 unspecified atom stereocenters. The summed E-state index contributed by atoms with van der Waals surface area (Å²) in [5.74, 6) is -0.169. The van der Waals surface area contributed by atoms with Crippen LogP contribution in [0.4, 0.5) is 10.5 Å². The van der Waals surface area contributed by atoms with Gasteiger partial charge in [-0.1, -0.05) is 57.2 Å². The molecular weight excluding hydrogens is 636 g/mol. The lowest BCUT2D eigenvalue weighted by Crippen LogP contribution is -2.50. The SMILES string of the molecule is CC(C)CN(C[C@@H](C)C(Cc1ccccc1)NC(=O)C1CN(c2cccc(C(=O)N(C)C)c2)C(=O)O1)S(=O)(=O)c1ccc2c(c1)OCO2. The molecule has 48 heavy (non-hydrogen) atoms. The number of ether oxygens (including phenoxy) is 3. The summed E-state index contributed by atoms with van der Waals surface area (Å²) in [6.07, 6.45) is -1.39. The third-order valence-corrected chi connectivity index (χ3v) is 10.1. The first-order valence-corrected chi connectivity index (χ1v) is 17.3. The van der Waals surface area contributed by atoms with Crippen LogP contribution in [0.2, 0.25) is 0 Å². The molecule has 2 heterocycles. The maximum absolute atomic E-state index is 14.0. The molecule has 0 aromatic heterocycles. The second-order valence-electron chi connectivity index (χ2n) is 12.7. The number of hydrogen-bond acceptors (Lipinski definition) is 8. The first-order valence-electron chi connectivity index (χ1n) is 15.9. The van der Waals surface area contributed by atoms with Crippen LogP contribution in [0.25, 0.3) is 0 Å². The van der Waals surface area contributed by atoms with E-state index in [-0.39, 0.29) is 49.1 Å². The minimum absolute atomic E-state index is 0.0264. The highest BCUT2D eigenvalue weighted by atomic mass is 32.2. The van der Waals surface area contributed by atoms with Crippen molar-refractivity contribution in [2.24, 2.45) is 11.8 Å². The van der Waals surface area contributed by atoms with Crippen molar-refractivity contribution < 1.29 is 37.0 Å². The van der Waals surface area contributed by atoms with Crippen LogP contribution in [-0.2, 0) is 26.0 Å². The second-order valence-corrected chi connectivity index (χ2v) is 14.7. The summed E-state index contributed by atoms with van der Waals surface area (Å²) in [5, 5.41) is 3.07. The van der Waals surface area contributed by atoms with E-state index in [1.54, 1.807) is 44.4 Å². The number of hydrogen-bond donors (Lipinski definition) is 1. The number of amides is 3. The molecule has 1 saturated heterocycles. The number of benzene rings is 3. The Balaban J connectivity index is 1.35. The predicted octanol–water partition coefficient (Wildman–Crippen LogP) is 4.15. The first kappa shape index (κ1) is 34.7. The summed E-state index contributed by atoms with van der Waals surface area (Å²) in [6.45, 7) is 6.16. The molecule has 12 nitrogen and oxygen atoms in total. The van der Waals surface area contributed by atoms with Crippen molar-refractivity contribution in [1.82, 2.24) is 14.5 Å². The normalized spacial score (nSPS) is 16.9. The van der Waals surface area contributed by atoms with Gasteiger partial charge in [0.15, 0.2) is 17.6 Å². The lowest BCUT2D eigenvalue weighted by atomic mass is 9.94. The Morgan fingerprint density at radius 3 is 2.38 bits per heavy atom. The van der Waals surface area contributed by atoms with Crippen molar-refractivity contribution in [3.8, 4) is 11.5 Å². The summed E-state index contributed by atoms with van der Waals surface area (Å²) in [4.78, 5) is 42.0. The van der Waals surface area contributed by atoms with Crippen LogP contribution in [0.1, 0.15) is 36.7 Å². The van der Waals surface area contributed by atoms with Gasteiger partial charge in [0, 0.05) is 50.5 Å². The molecule has 1 fully saturated rings. The Labute approximate surface area is 281 Å². The largest absolute Gasteiger partial charge is 0.454 e. The average molecular weight is 679 g/mol. The number of anilines is 1. The summed E-state index contributed by atoms with van der Waals surface area (Å²) in [5.41, 5.74) is 1.79. The molecule has 5 rings (SSSR count). The van der Waals surface area contributed by atoms with E-state index in [0.717, 1.165) is 5.56 Å². The number of cyclic esters (lactones) is 1. The number of sulfonamides is 1. The molecule has 3 aromatic carbocycles. The molecule has 0 saturated carbocycles. The fraction of sp³-hybridized carbons (Fsp3) is 0.400. The Kier molecular flexibility index (Phi) is 10.6. The van der Waals surface area contributed by atoms with E-state index in [9.17, 15) is 22.8 Å². The van der Waals surface area contributed by atoms with Crippen molar-refractivity contribution in [3.05, 3.63) is 83.9 Å². The molecule has 1 N–H and O–H groups in total. The highest BCUT2D eigenvalue weighted by molar-refractivity contribution is 7.89. The van der Waals surface area contributed by atoms with Gasteiger partial charge in [-0.25, -0.2) is 13.2 Å². The van der Waals surface area contributed by atoms with Gasteiger partial charge in [0.1, 0.15) is 0 Å². The van der Waals surface area contributed by atoms with Crippen molar-refractivity contribution in [1.29, 1.82) is 0 Å². The highest BCUT2D eigenvalue weighted by Gasteiger charge is 2.39. The Morgan fingerprint density at radius 2 is 1.67 bits per heavy atom. The molecule has 13 heteroatoms. The molecule has 3 atom stereocenters. The van der Waals surface area contributed by atoms with E-state index in [1.165, 1.54) is 26.2 Å². The molecule has 0 bridgehead atoms. The molecular formula is C35H42N4O8S. The summed E-state index contributed by atoms with van der Waals surface area (Å²) in [6, 6.07) is 20.3. The average Bonchev–Trinajstić information content (AvgIpc) is 3.70. The van der Waals surface area contributed by atoms with Gasteiger partial charge in [-0.15, -0.1) is 0 Å². The van der Waals surface area contributed by atoms with Crippen LogP contribution in [0, 0.1) is 11.8 Å². The maximum atomic E-state index is 14.0. The molecule has 256 valence electrons. The number of nitrogens with one attached hydrogen (secondary N) is 1. The summed E-state index contributed by atoms with van der Waals surface area (Å²) >= 11 is 0. The number of nitrogens with zero attached hydrogens (tertiary/aromatic N) is 3. The van der Waals surface area contributed by atoms with Crippen LogP contribution < -0.4 is 19.7 Å².